The first-order valence-electron chi connectivity index (χ1n) is 6.02. The summed E-state index contributed by atoms with van der Waals surface area (Å²) < 4.78 is 28.5. The van der Waals surface area contributed by atoms with Crippen LogP contribution >= 0.6 is 26.6 Å². The molecule has 1 amide bonds. The number of amides is 1. The van der Waals surface area contributed by atoms with E-state index in [4.69, 9.17) is 15.4 Å². The molecule has 1 saturated heterocycles. The largest absolute Gasteiger partial charge is 0.376 e. The van der Waals surface area contributed by atoms with Crippen LogP contribution in [0.15, 0.2) is 27.6 Å². The van der Waals surface area contributed by atoms with Gasteiger partial charge in [-0.3, -0.25) is 4.79 Å². The van der Waals surface area contributed by atoms with Gasteiger partial charge < -0.3 is 10.1 Å². The van der Waals surface area contributed by atoms with Crippen molar-refractivity contribution in [1.29, 1.82) is 0 Å². The van der Waals surface area contributed by atoms with Gasteiger partial charge in [0.1, 0.15) is 0 Å². The zero-order valence-electron chi connectivity index (χ0n) is 10.4. The van der Waals surface area contributed by atoms with Crippen LogP contribution in [-0.4, -0.2) is 33.6 Å². The van der Waals surface area contributed by atoms with Crippen molar-refractivity contribution in [2.75, 3.05) is 13.2 Å². The molecule has 1 aromatic rings. The zero-order valence-corrected chi connectivity index (χ0v) is 13.6. The fraction of sp³-hybridized carbons (Fsp3) is 0.417. The number of carbonyl (C=O) groups excluding carboxylic acids is 1. The van der Waals surface area contributed by atoms with Crippen molar-refractivity contribution in [3.63, 3.8) is 0 Å². The lowest BCUT2D eigenvalue weighted by Gasteiger charge is -2.12. The van der Waals surface area contributed by atoms with Crippen molar-refractivity contribution in [2.45, 2.75) is 23.8 Å². The molecule has 2 rings (SSSR count). The maximum atomic E-state index is 12.1. The highest BCUT2D eigenvalue weighted by Gasteiger charge is 2.19. The summed E-state index contributed by atoms with van der Waals surface area (Å²) in [7, 11) is 1.41. The van der Waals surface area contributed by atoms with E-state index in [0.29, 0.717) is 17.6 Å². The third kappa shape index (κ3) is 3.94. The minimum Gasteiger partial charge on any atom is -0.376 e. The number of hydrogen-bond donors (Lipinski definition) is 1. The monoisotopic (exact) mass is 381 g/mol. The van der Waals surface area contributed by atoms with Crippen molar-refractivity contribution in [3.8, 4) is 0 Å². The van der Waals surface area contributed by atoms with E-state index < -0.39 is 9.05 Å². The SMILES string of the molecule is O=C(NCC1CCCO1)c1cc(S(=O)(=O)Cl)ccc1Br. The maximum absolute atomic E-state index is 12.1. The molecule has 5 nitrogen and oxygen atoms in total. The lowest BCUT2D eigenvalue weighted by molar-refractivity contribution is 0.0857. The topological polar surface area (TPSA) is 72.5 Å². The van der Waals surface area contributed by atoms with Gasteiger partial charge in [0.15, 0.2) is 0 Å². The second-order valence-corrected chi connectivity index (χ2v) is 7.84. The summed E-state index contributed by atoms with van der Waals surface area (Å²) in [6, 6.07) is 4.07. The summed E-state index contributed by atoms with van der Waals surface area (Å²) in [5, 5.41) is 2.73. The Kier molecular flexibility index (Phi) is 5.06. The van der Waals surface area contributed by atoms with Gasteiger partial charge in [-0.25, -0.2) is 8.42 Å². The summed E-state index contributed by atoms with van der Waals surface area (Å²) in [6.45, 7) is 1.12. The first kappa shape index (κ1) is 15.8. The molecule has 0 spiro atoms. The molecule has 1 fully saturated rings. The van der Waals surface area contributed by atoms with Crippen LogP contribution in [0, 0.1) is 0 Å². The van der Waals surface area contributed by atoms with Gasteiger partial charge in [-0.1, -0.05) is 0 Å². The van der Waals surface area contributed by atoms with Gasteiger partial charge in [0, 0.05) is 28.3 Å². The first-order valence-corrected chi connectivity index (χ1v) is 9.12. The van der Waals surface area contributed by atoms with Crippen molar-refractivity contribution in [1.82, 2.24) is 5.32 Å². The van der Waals surface area contributed by atoms with Crippen LogP contribution in [0.25, 0.3) is 0 Å². The lowest BCUT2D eigenvalue weighted by Crippen LogP contribution is -2.32. The smallest absolute Gasteiger partial charge is 0.261 e. The van der Waals surface area contributed by atoms with E-state index in [1.165, 1.54) is 18.2 Å². The average molecular weight is 383 g/mol. The highest BCUT2D eigenvalue weighted by molar-refractivity contribution is 9.10. The Bertz CT molecular complexity index is 614. The molecule has 1 atom stereocenters. The summed E-state index contributed by atoms with van der Waals surface area (Å²) in [5.41, 5.74) is 0.227. The van der Waals surface area contributed by atoms with Gasteiger partial charge in [-0.15, -0.1) is 0 Å². The van der Waals surface area contributed by atoms with E-state index in [9.17, 15) is 13.2 Å². The van der Waals surface area contributed by atoms with Crippen LogP contribution < -0.4 is 5.32 Å². The number of rotatable bonds is 4. The van der Waals surface area contributed by atoms with E-state index >= 15 is 0 Å². The van der Waals surface area contributed by atoms with Crippen LogP contribution in [0.1, 0.15) is 23.2 Å². The molecule has 0 aromatic heterocycles. The molecule has 1 aliphatic heterocycles. The Balaban J connectivity index is 2.12. The Morgan fingerprint density at radius 3 is 2.85 bits per heavy atom. The molecule has 1 heterocycles. The average Bonchev–Trinajstić information content (AvgIpc) is 2.88. The third-order valence-electron chi connectivity index (χ3n) is 2.98. The highest BCUT2D eigenvalue weighted by Crippen LogP contribution is 2.23. The molecule has 0 saturated carbocycles. The highest BCUT2D eigenvalue weighted by atomic mass is 79.9. The predicted molar refractivity (Wildman–Crippen MR) is 78.5 cm³/mol. The van der Waals surface area contributed by atoms with E-state index in [1.54, 1.807) is 0 Å². The molecule has 0 radical (unpaired) electrons. The molecular weight excluding hydrogens is 370 g/mol. The Hall–Kier alpha value is -0.630. The fourth-order valence-corrected chi connectivity index (χ4v) is 3.14. The molecule has 1 aromatic carbocycles. The van der Waals surface area contributed by atoms with Crippen LogP contribution in [-0.2, 0) is 13.8 Å². The second-order valence-electron chi connectivity index (χ2n) is 4.42. The van der Waals surface area contributed by atoms with Crippen LogP contribution in [0.2, 0.25) is 0 Å². The quantitative estimate of drug-likeness (QED) is 0.811. The molecular formula is C12H13BrClNO4S. The van der Waals surface area contributed by atoms with Gasteiger partial charge in [0.25, 0.3) is 15.0 Å². The number of carbonyl (C=O) groups is 1. The normalized spacial score (nSPS) is 19.0. The van der Waals surface area contributed by atoms with E-state index in [-0.39, 0.29) is 22.5 Å². The zero-order chi connectivity index (χ0) is 14.8. The summed E-state index contributed by atoms with van der Waals surface area (Å²) >= 11 is 3.22. The van der Waals surface area contributed by atoms with Crippen molar-refractivity contribution < 1.29 is 17.9 Å². The molecule has 110 valence electrons. The second kappa shape index (κ2) is 6.43. The summed E-state index contributed by atoms with van der Waals surface area (Å²) in [4.78, 5) is 12.0. The Morgan fingerprint density at radius 2 is 2.25 bits per heavy atom. The summed E-state index contributed by atoms with van der Waals surface area (Å²) in [6.07, 6.45) is 1.93. The maximum Gasteiger partial charge on any atom is 0.261 e. The van der Waals surface area contributed by atoms with Gasteiger partial charge in [0.2, 0.25) is 0 Å². The van der Waals surface area contributed by atoms with Gasteiger partial charge >= 0.3 is 0 Å². The predicted octanol–water partition coefficient (Wildman–Crippen LogP) is 2.29. The molecule has 0 aliphatic carbocycles. The van der Waals surface area contributed by atoms with E-state index in [2.05, 4.69) is 21.2 Å². The lowest BCUT2D eigenvalue weighted by atomic mass is 10.2. The molecule has 8 heteroatoms. The first-order chi connectivity index (χ1) is 9.38. The van der Waals surface area contributed by atoms with Gasteiger partial charge in [0.05, 0.1) is 16.6 Å². The molecule has 0 bridgehead atoms. The Morgan fingerprint density at radius 1 is 1.50 bits per heavy atom. The van der Waals surface area contributed by atoms with Crippen molar-refractivity contribution in [3.05, 3.63) is 28.2 Å². The molecule has 1 N–H and O–H groups in total. The fourth-order valence-electron chi connectivity index (χ4n) is 1.94. The minimum atomic E-state index is -3.86. The van der Waals surface area contributed by atoms with Crippen LogP contribution in [0.5, 0.6) is 0 Å². The van der Waals surface area contributed by atoms with Crippen LogP contribution in [0.3, 0.4) is 0 Å². The van der Waals surface area contributed by atoms with Gasteiger partial charge in [-0.05, 0) is 47.0 Å². The number of benzene rings is 1. The Labute approximate surface area is 130 Å². The van der Waals surface area contributed by atoms with E-state index in [1.807, 2.05) is 0 Å². The van der Waals surface area contributed by atoms with E-state index in [0.717, 1.165) is 12.8 Å². The molecule has 1 unspecified atom stereocenters. The third-order valence-corrected chi connectivity index (χ3v) is 5.02. The molecule has 1 aliphatic rings. The number of hydrogen-bond acceptors (Lipinski definition) is 4. The van der Waals surface area contributed by atoms with Crippen molar-refractivity contribution >= 4 is 41.6 Å². The van der Waals surface area contributed by atoms with Crippen LogP contribution in [0.4, 0.5) is 0 Å². The molecule has 20 heavy (non-hydrogen) atoms. The number of ether oxygens (including phenoxy) is 1. The number of halogens is 2. The number of nitrogens with one attached hydrogen (secondary N) is 1. The minimum absolute atomic E-state index is 0.0256. The summed E-state index contributed by atoms with van der Waals surface area (Å²) in [5.74, 6) is -0.366. The van der Waals surface area contributed by atoms with Gasteiger partial charge in [-0.2, -0.15) is 0 Å². The van der Waals surface area contributed by atoms with Crippen molar-refractivity contribution in [2.24, 2.45) is 0 Å². The standard InChI is InChI=1S/C12H13BrClNO4S/c13-11-4-3-9(20(14,17)18)6-10(11)12(16)15-7-8-2-1-5-19-8/h3-4,6,8H,1-2,5,7H2,(H,15,16).